The minimum Gasteiger partial charge on any atom is -0.475 e. The number of carbonyl (C=O) groups excluding carboxylic acids is 3. The van der Waals surface area contributed by atoms with Crippen molar-refractivity contribution in [3.8, 4) is 0 Å². The molecule has 3 aliphatic carbocycles. The molecule has 1 aromatic heterocycles. The zero-order chi connectivity index (χ0) is 35.4. The minimum absolute atomic E-state index is 0.0625. The van der Waals surface area contributed by atoms with Crippen molar-refractivity contribution < 1.29 is 42.2 Å². The lowest BCUT2D eigenvalue weighted by Gasteiger charge is -2.38. The van der Waals surface area contributed by atoms with Crippen LogP contribution in [-0.4, -0.2) is 57.1 Å². The lowest BCUT2D eigenvalue weighted by atomic mass is 9.76. The van der Waals surface area contributed by atoms with Gasteiger partial charge in [0.25, 0.3) is 5.91 Å². The van der Waals surface area contributed by atoms with Gasteiger partial charge >= 0.3 is 18.1 Å². The van der Waals surface area contributed by atoms with Gasteiger partial charge in [-0.2, -0.15) is 13.2 Å². The van der Waals surface area contributed by atoms with Gasteiger partial charge in [-0.3, -0.25) is 14.2 Å². The van der Waals surface area contributed by atoms with Crippen LogP contribution < -0.4 is 11.1 Å². The standard InChI is InChI=1S/C35H40N4O4.C2HF3O2/c36-20-24-10-9-23(18-28(24)22-7-8-22)33(41)38-16-13-27(21-5-2-1-3-6-21)31(38)32(40)37-26-11-12-29-25(17-26)19-30-34(42)43-35(39(29)30)14-4-15-35;3-2(4,5)1(6)7/h9-12,17-19,21-22,27,31H,1-8,13-16,20,36H2,(H,37,40);(H,6,7)/t27-,31-;/m0./s1. The summed E-state index contributed by atoms with van der Waals surface area (Å²) in [6, 6.07) is 13.1. The predicted octanol–water partition coefficient (Wildman–Crippen LogP) is 6.67. The number of nitrogens with zero attached hydrogens (tertiary/aromatic N) is 2. The zero-order valence-corrected chi connectivity index (χ0v) is 27.6. The molecule has 8 rings (SSSR count). The van der Waals surface area contributed by atoms with E-state index in [4.69, 9.17) is 20.4 Å². The number of aromatic nitrogens is 1. The van der Waals surface area contributed by atoms with E-state index in [1.165, 1.54) is 24.8 Å². The number of amides is 2. The van der Waals surface area contributed by atoms with Crippen molar-refractivity contribution in [1.82, 2.24) is 9.47 Å². The molecule has 50 heavy (non-hydrogen) atoms. The number of fused-ring (bicyclic) bond motifs is 4. The minimum atomic E-state index is -5.08. The second kappa shape index (κ2) is 13.1. The van der Waals surface area contributed by atoms with Crippen LogP contribution in [0.5, 0.6) is 0 Å². The van der Waals surface area contributed by atoms with Gasteiger partial charge in [0.2, 0.25) is 5.91 Å². The monoisotopic (exact) mass is 694 g/mol. The first-order chi connectivity index (χ1) is 23.9. The molecule has 2 atom stereocenters. The third-order valence-electron chi connectivity index (χ3n) is 11.2. The van der Waals surface area contributed by atoms with Crippen LogP contribution in [0.2, 0.25) is 0 Å². The molecule has 2 aromatic carbocycles. The lowest BCUT2D eigenvalue weighted by Crippen LogP contribution is -2.47. The van der Waals surface area contributed by atoms with Gasteiger partial charge in [-0.1, -0.05) is 38.2 Å². The molecule has 2 amide bonds. The largest absolute Gasteiger partial charge is 0.490 e. The summed E-state index contributed by atoms with van der Waals surface area (Å²) < 4.78 is 39.5. The molecule has 5 aliphatic rings. The van der Waals surface area contributed by atoms with E-state index in [0.29, 0.717) is 41.9 Å². The van der Waals surface area contributed by atoms with Crippen molar-refractivity contribution in [1.29, 1.82) is 0 Å². The van der Waals surface area contributed by atoms with Crippen LogP contribution >= 0.6 is 0 Å². The van der Waals surface area contributed by atoms with E-state index >= 15 is 0 Å². The maximum absolute atomic E-state index is 14.2. The maximum atomic E-state index is 14.2. The van der Waals surface area contributed by atoms with Gasteiger partial charge in [0, 0.05) is 42.6 Å². The van der Waals surface area contributed by atoms with Crippen LogP contribution in [0.4, 0.5) is 18.9 Å². The number of carboxylic acid groups (broad SMARTS) is 1. The van der Waals surface area contributed by atoms with E-state index in [1.54, 1.807) is 0 Å². The SMILES string of the molecule is NCc1ccc(C(=O)N2CC[C@@H](C3CCCCC3)[C@H]2C(=O)Nc2ccc3c(c2)cc2n3C3(CCC3)OC2=O)cc1C1CC1.O=C(O)C(F)(F)F. The van der Waals surface area contributed by atoms with E-state index in [0.717, 1.165) is 67.8 Å². The van der Waals surface area contributed by atoms with Crippen molar-refractivity contribution in [2.45, 2.75) is 101 Å². The molecule has 266 valence electrons. The van der Waals surface area contributed by atoms with Crippen LogP contribution in [-0.2, 0) is 26.6 Å². The average Bonchev–Trinajstić information content (AvgIpc) is 3.60. The molecule has 0 bridgehead atoms. The number of halogens is 3. The number of rotatable bonds is 6. The molecule has 1 spiro atoms. The number of likely N-dealkylation sites (tertiary alicyclic amines) is 1. The van der Waals surface area contributed by atoms with E-state index in [2.05, 4.69) is 5.32 Å². The van der Waals surface area contributed by atoms with E-state index in [-0.39, 0.29) is 23.7 Å². The first-order valence-electron chi connectivity index (χ1n) is 17.5. The van der Waals surface area contributed by atoms with Gasteiger partial charge in [0.1, 0.15) is 11.7 Å². The topological polar surface area (TPSA) is 144 Å². The third-order valence-corrected chi connectivity index (χ3v) is 11.2. The smallest absolute Gasteiger partial charge is 0.475 e. The fourth-order valence-electron chi connectivity index (χ4n) is 8.46. The number of nitrogens with one attached hydrogen (secondary N) is 1. The van der Waals surface area contributed by atoms with E-state index in [1.807, 2.05) is 51.9 Å². The third kappa shape index (κ3) is 6.24. The highest BCUT2D eigenvalue weighted by Crippen LogP contribution is 2.48. The summed E-state index contributed by atoms with van der Waals surface area (Å²) in [4.78, 5) is 51.6. The Kier molecular flexibility index (Phi) is 8.90. The number of carbonyl (C=O) groups is 4. The number of aliphatic carboxylic acids is 1. The second-order valence-electron chi connectivity index (χ2n) is 14.3. The van der Waals surface area contributed by atoms with Crippen LogP contribution in [0.15, 0.2) is 42.5 Å². The fourth-order valence-corrected chi connectivity index (χ4v) is 8.46. The Hall–Kier alpha value is -4.39. The Morgan fingerprint density at radius 3 is 2.30 bits per heavy atom. The maximum Gasteiger partial charge on any atom is 0.490 e. The van der Waals surface area contributed by atoms with Crippen molar-refractivity contribution in [2.75, 3.05) is 11.9 Å². The Morgan fingerprint density at radius 1 is 0.960 bits per heavy atom. The molecule has 2 aliphatic heterocycles. The van der Waals surface area contributed by atoms with Crippen LogP contribution in [0.25, 0.3) is 10.9 Å². The van der Waals surface area contributed by atoms with Gasteiger partial charge in [-0.15, -0.1) is 0 Å². The highest BCUT2D eigenvalue weighted by atomic mass is 19.4. The second-order valence-corrected chi connectivity index (χ2v) is 14.3. The van der Waals surface area contributed by atoms with Gasteiger partial charge < -0.3 is 25.8 Å². The number of ether oxygens (including phenoxy) is 1. The van der Waals surface area contributed by atoms with Crippen molar-refractivity contribution >= 4 is 40.3 Å². The van der Waals surface area contributed by atoms with Crippen molar-refractivity contribution in [2.24, 2.45) is 17.6 Å². The predicted molar refractivity (Wildman–Crippen MR) is 177 cm³/mol. The Bertz CT molecular complexity index is 1840. The summed E-state index contributed by atoms with van der Waals surface area (Å²) in [7, 11) is 0. The number of alkyl halides is 3. The summed E-state index contributed by atoms with van der Waals surface area (Å²) >= 11 is 0. The van der Waals surface area contributed by atoms with E-state index < -0.39 is 23.9 Å². The molecule has 0 unspecified atom stereocenters. The Balaban J connectivity index is 0.000000510. The molecule has 4 N–H and O–H groups in total. The molecule has 3 saturated carbocycles. The van der Waals surface area contributed by atoms with Crippen LogP contribution in [0.1, 0.15) is 109 Å². The molecule has 0 radical (unpaired) electrons. The molecular weight excluding hydrogens is 653 g/mol. The van der Waals surface area contributed by atoms with Gasteiger partial charge in [-0.25, -0.2) is 9.59 Å². The van der Waals surface area contributed by atoms with Gasteiger partial charge in [-0.05, 0) is 91.0 Å². The summed E-state index contributed by atoms with van der Waals surface area (Å²) in [5, 5.41) is 11.2. The van der Waals surface area contributed by atoms with E-state index in [9.17, 15) is 27.6 Å². The molecule has 3 heterocycles. The quantitative estimate of drug-likeness (QED) is 0.245. The Morgan fingerprint density at radius 2 is 1.68 bits per heavy atom. The molecule has 4 fully saturated rings. The number of hydrogen-bond acceptors (Lipinski definition) is 6. The lowest BCUT2D eigenvalue weighted by molar-refractivity contribution is -0.192. The van der Waals surface area contributed by atoms with Crippen LogP contribution in [0, 0.1) is 11.8 Å². The highest BCUT2D eigenvalue weighted by molar-refractivity contribution is 6.04. The highest BCUT2D eigenvalue weighted by Gasteiger charge is 2.51. The van der Waals surface area contributed by atoms with Crippen LogP contribution in [0.3, 0.4) is 0 Å². The molecular formula is C37H41F3N4O6. The molecule has 13 heteroatoms. The summed E-state index contributed by atoms with van der Waals surface area (Å²) in [5.74, 6) is -2.13. The Labute approximate surface area is 287 Å². The first-order valence-corrected chi connectivity index (χ1v) is 17.5. The number of nitrogens with two attached hydrogens (primary N) is 1. The van der Waals surface area contributed by atoms with Gasteiger partial charge in [0.15, 0.2) is 5.72 Å². The molecule has 10 nitrogen and oxygen atoms in total. The number of esters is 1. The summed E-state index contributed by atoms with van der Waals surface area (Å²) in [5.41, 5.74) is 10.6. The normalized spacial score (nSPS) is 22.8. The van der Waals surface area contributed by atoms with Crippen molar-refractivity contribution in [3.63, 3.8) is 0 Å². The average molecular weight is 695 g/mol. The molecule has 1 saturated heterocycles. The number of hydrogen-bond donors (Lipinski definition) is 3. The first kappa shape index (κ1) is 34.1. The van der Waals surface area contributed by atoms with Crippen molar-refractivity contribution in [3.05, 3.63) is 64.8 Å². The zero-order valence-electron chi connectivity index (χ0n) is 27.6. The number of benzene rings is 2. The fraction of sp³-hybridized carbons (Fsp3) is 0.514. The summed E-state index contributed by atoms with van der Waals surface area (Å²) in [6.07, 6.45) is 6.61. The number of carboxylic acids is 1. The summed E-state index contributed by atoms with van der Waals surface area (Å²) in [6.45, 7) is 1.06. The molecule has 3 aromatic rings. The number of anilines is 1. The van der Waals surface area contributed by atoms with Gasteiger partial charge in [0.05, 0.1) is 5.52 Å².